The van der Waals surface area contributed by atoms with Crippen LogP contribution < -0.4 is 10.6 Å². The van der Waals surface area contributed by atoms with Crippen molar-refractivity contribution in [1.29, 1.82) is 0 Å². The van der Waals surface area contributed by atoms with Gasteiger partial charge in [0, 0.05) is 31.7 Å². The zero-order chi connectivity index (χ0) is 14.4. The van der Waals surface area contributed by atoms with Crippen LogP contribution in [0, 0.1) is 0 Å². The number of piperazine rings is 1. The Balaban J connectivity index is 1.68. The molecule has 0 unspecified atom stereocenters. The van der Waals surface area contributed by atoms with Crippen LogP contribution in [0.1, 0.15) is 46.0 Å². The summed E-state index contributed by atoms with van der Waals surface area (Å²) in [7, 11) is 0. The van der Waals surface area contributed by atoms with E-state index in [0.29, 0.717) is 6.54 Å². The minimum absolute atomic E-state index is 0.0709. The molecule has 0 aromatic carbocycles. The van der Waals surface area contributed by atoms with Crippen molar-refractivity contribution in [3.63, 3.8) is 0 Å². The molecule has 0 aromatic rings. The lowest BCUT2D eigenvalue weighted by atomic mass is 9.97. The average Bonchev–Trinajstić information content (AvgIpc) is 2.42. The third kappa shape index (κ3) is 4.60. The van der Waals surface area contributed by atoms with Crippen LogP contribution in [-0.4, -0.2) is 49.1 Å². The third-order valence-electron chi connectivity index (χ3n) is 4.46. The number of nitrogens with one attached hydrogen (secondary N) is 2. The SMILES string of the molecule is CC1(C)CNCCN1CC(=O)NCCC1=CCCCC1. The number of rotatable bonds is 5. The quantitative estimate of drug-likeness (QED) is 0.753. The predicted octanol–water partition coefficient (Wildman–Crippen LogP) is 1.68. The molecule has 1 saturated heterocycles. The second-order valence-electron chi connectivity index (χ2n) is 6.62. The van der Waals surface area contributed by atoms with Crippen LogP contribution in [0.3, 0.4) is 0 Å². The Morgan fingerprint density at radius 2 is 2.30 bits per heavy atom. The predicted molar refractivity (Wildman–Crippen MR) is 82.7 cm³/mol. The van der Waals surface area contributed by atoms with Crippen LogP contribution in [0.25, 0.3) is 0 Å². The number of carbonyl (C=O) groups is 1. The molecule has 1 aliphatic heterocycles. The first-order valence-corrected chi connectivity index (χ1v) is 7.98. The number of hydrogen-bond donors (Lipinski definition) is 2. The van der Waals surface area contributed by atoms with Crippen LogP contribution >= 0.6 is 0 Å². The molecule has 0 spiro atoms. The van der Waals surface area contributed by atoms with Gasteiger partial charge in [-0.15, -0.1) is 0 Å². The second kappa shape index (κ2) is 7.23. The second-order valence-corrected chi connectivity index (χ2v) is 6.62. The van der Waals surface area contributed by atoms with E-state index < -0.39 is 0 Å². The fraction of sp³-hybridized carbons (Fsp3) is 0.812. The van der Waals surface area contributed by atoms with Gasteiger partial charge in [0.2, 0.25) is 5.91 Å². The Morgan fingerprint density at radius 1 is 1.45 bits per heavy atom. The number of allylic oxidation sites excluding steroid dienone is 1. The van der Waals surface area contributed by atoms with E-state index in [1.165, 1.54) is 31.3 Å². The molecule has 4 heteroatoms. The van der Waals surface area contributed by atoms with Gasteiger partial charge in [0.05, 0.1) is 6.54 Å². The van der Waals surface area contributed by atoms with Gasteiger partial charge in [-0.05, 0) is 46.0 Å². The summed E-state index contributed by atoms with van der Waals surface area (Å²) in [6, 6.07) is 0. The van der Waals surface area contributed by atoms with Gasteiger partial charge >= 0.3 is 0 Å². The van der Waals surface area contributed by atoms with E-state index in [9.17, 15) is 4.79 Å². The zero-order valence-electron chi connectivity index (χ0n) is 13.0. The molecule has 0 atom stereocenters. The van der Waals surface area contributed by atoms with Crippen molar-refractivity contribution in [3.8, 4) is 0 Å². The standard InChI is InChI=1S/C16H29N3O/c1-16(2)13-17-10-11-19(16)12-15(20)18-9-8-14-6-4-3-5-7-14/h6,17H,3-5,7-13H2,1-2H3,(H,18,20). The van der Waals surface area contributed by atoms with Crippen molar-refractivity contribution in [2.45, 2.75) is 51.5 Å². The van der Waals surface area contributed by atoms with Gasteiger partial charge < -0.3 is 10.6 Å². The van der Waals surface area contributed by atoms with E-state index in [1.807, 2.05) is 0 Å². The molecule has 2 N–H and O–H groups in total. The van der Waals surface area contributed by atoms with Gasteiger partial charge in [-0.2, -0.15) is 0 Å². The molecule has 0 aromatic heterocycles. The fourth-order valence-corrected chi connectivity index (χ4v) is 3.04. The van der Waals surface area contributed by atoms with Crippen molar-refractivity contribution >= 4 is 5.91 Å². The summed E-state index contributed by atoms with van der Waals surface area (Å²) in [4.78, 5) is 14.3. The summed E-state index contributed by atoms with van der Waals surface area (Å²) < 4.78 is 0. The molecule has 0 bridgehead atoms. The smallest absolute Gasteiger partial charge is 0.234 e. The molecular formula is C16H29N3O. The van der Waals surface area contributed by atoms with Gasteiger partial charge in [-0.1, -0.05) is 11.6 Å². The van der Waals surface area contributed by atoms with E-state index in [-0.39, 0.29) is 11.4 Å². The van der Waals surface area contributed by atoms with Gasteiger partial charge in [0.25, 0.3) is 0 Å². The summed E-state index contributed by atoms with van der Waals surface area (Å²) in [6.07, 6.45) is 8.47. The molecule has 1 amide bonds. The lowest BCUT2D eigenvalue weighted by Crippen LogP contribution is -2.59. The van der Waals surface area contributed by atoms with E-state index >= 15 is 0 Å². The van der Waals surface area contributed by atoms with E-state index in [2.05, 4.69) is 35.5 Å². The van der Waals surface area contributed by atoms with Crippen molar-refractivity contribution in [3.05, 3.63) is 11.6 Å². The lowest BCUT2D eigenvalue weighted by Gasteiger charge is -2.42. The first kappa shape index (κ1) is 15.5. The number of amides is 1. The van der Waals surface area contributed by atoms with Crippen molar-refractivity contribution in [2.75, 3.05) is 32.7 Å². The van der Waals surface area contributed by atoms with Crippen molar-refractivity contribution < 1.29 is 4.79 Å². The Kier molecular flexibility index (Phi) is 5.61. The topological polar surface area (TPSA) is 44.4 Å². The summed E-state index contributed by atoms with van der Waals surface area (Å²) in [6.45, 7) is 8.58. The molecule has 114 valence electrons. The van der Waals surface area contributed by atoms with Crippen LogP contribution in [0.4, 0.5) is 0 Å². The minimum atomic E-state index is 0.0709. The molecule has 1 aliphatic carbocycles. The molecule has 0 saturated carbocycles. The molecule has 2 aliphatic rings. The highest BCUT2D eigenvalue weighted by Crippen LogP contribution is 2.19. The first-order chi connectivity index (χ1) is 9.58. The molecular weight excluding hydrogens is 250 g/mol. The maximum atomic E-state index is 12.0. The Hall–Kier alpha value is -0.870. The number of hydrogen-bond acceptors (Lipinski definition) is 3. The highest BCUT2D eigenvalue weighted by atomic mass is 16.2. The molecule has 1 heterocycles. The van der Waals surface area contributed by atoms with Crippen molar-refractivity contribution in [2.24, 2.45) is 0 Å². The summed E-state index contributed by atoms with van der Waals surface area (Å²) in [5, 5.41) is 6.46. The van der Waals surface area contributed by atoms with Gasteiger partial charge in [-0.25, -0.2) is 0 Å². The lowest BCUT2D eigenvalue weighted by molar-refractivity contribution is -0.123. The zero-order valence-corrected chi connectivity index (χ0v) is 13.0. The van der Waals surface area contributed by atoms with Crippen LogP contribution in [0.15, 0.2) is 11.6 Å². The Labute approximate surface area is 123 Å². The number of nitrogens with zero attached hydrogens (tertiary/aromatic N) is 1. The van der Waals surface area contributed by atoms with E-state index in [0.717, 1.165) is 32.6 Å². The summed E-state index contributed by atoms with van der Waals surface area (Å²) >= 11 is 0. The molecule has 0 radical (unpaired) electrons. The van der Waals surface area contributed by atoms with E-state index in [4.69, 9.17) is 0 Å². The van der Waals surface area contributed by atoms with E-state index in [1.54, 1.807) is 0 Å². The highest BCUT2D eigenvalue weighted by Gasteiger charge is 2.30. The molecule has 1 fully saturated rings. The maximum absolute atomic E-state index is 12.0. The van der Waals surface area contributed by atoms with Gasteiger partial charge in [0.15, 0.2) is 0 Å². The maximum Gasteiger partial charge on any atom is 0.234 e. The monoisotopic (exact) mass is 279 g/mol. The van der Waals surface area contributed by atoms with Gasteiger partial charge in [0.1, 0.15) is 0 Å². The highest BCUT2D eigenvalue weighted by molar-refractivity contribution is 5.78. The average molecular weight is 279 g/mol. The van der Waals surface area contributed by atoms with Crippen LogP contribution in [0.2, 0.25) is 0 Å². The first-order valence-electron chi connectivity index (χ1n) is 7.98. The fourth-order valence-electron chi connectivity index (χ4n) is 3.04. The molecule has 4 nitrogen and oxygen atoms in total. The van der Waals surface area contributed by atoms with Crippen LogP contribution in [-0.2, 0) is 4.79 Å². The Bertz CT molecular complexity index is 363. The molecule has 2 rings (SSSR count). The van der Waals surface area contributed by atoms with Crippen LogP contribution in [0.5, 0.6) is 0 Å². The van der Waals surface area contributed by atoms with Crippen molar-refractivity contribution in [1.82, 2.24) is 15.5 Å². The molecule has 20 heavy (non-hydrogen) atoms. The van der Waals surface area contributed by atoms with Gasteiger partial charge in [-0.3, -0.25) is 9.69 Å². The normalized spacial score (nSPS) is 23.2. The summed E-state index contributed by atoms with van der Waals surface area (Å²) in [5.41, 5.74) is 1.60. The largest absolute Gasteiger partial charge is 0.355 e. The Morgan fingerprint density at radius 3 is 3.00 bits per heavy atom. The minimum Gasteiger partial charge on any atom is -0.355 e. The number of carbonyl (C=O) groups excluding carboxylic acids is 1. The summed E-state index contributed by atoms with van der Waals surface area (Å²) in [5.74, 6) is 0.163. The third-order valence-corrected chi connectivity index (χ3v) is 4.46.